The van der Waals surface area contributed by atoms with E-state index in [-0.39, 0.29) is 11.9 Å². The Morgan fingerprint density at radius 1 is 1.14 bits per heavy atom. The summed E-state index contributed by atoms with van der Waals surface area (Å²) in [6.45, 7) is 0.977. The molecule has 2 aromatic carbocycles. The van der Waals surface area contributed by atoms with Crippen LogP contribution in [0.3, 0.4) is 0 Å². The van der Waals surface area contributed by atoms with Gasteiger partial charge in [-0.05, 0) is 48.6 Å². The highest BCUT2D eigenvalue weighted by Gasteiger charge is 2.20. The molecule has 0 saturated heterocycles. The van der Waals surface area contributed by atoms with Gasteiger partial charge in [-0.2, -0.15) is 0 Å². The molecule has 0 aromatic heterocycles. The second kappa shape index (κ2) is 6.62. The third-order valence-electron chi connectivity index (χ3n) is 3.16. The molecule has 4 nitrogen and oxygen atoms in total. The maximum atomic E-state index is 12.8. The lowest BCUT2D eigenvalue weighted by Crippen LogP contribution is -2.42. The van der Waals surface area contributed by atoms with Gasteiger partial charge in [0.2, 0.25) is 0 Å². The van der Waals surface area contributed by atoms with Gasteiger partial charge in [0.05, 0.1) is 6.54 Å². The fraction of sp³-hybridized carbons (Fsp3) is 0.188. The van der Waals surface area contributed by atoms with Crippen molar-refractivity contribution in [3.63, 3.8) is 0 Å². The minimum absolute atomic E-state index is 0.122. The van der Waals surface area contributed by atoms with E-state index in [9.17, 15) is 4.39 Å². The van der Waals surface area contributed by atoms with Gasteiger partial charge in [0.1, 0.15) is 18.5 Å². The summed E-state index contributed by atoms with van der Waals surface area (Å²) in [4.78, 5) is 0. The van der Waals surface area contributed by atoms with Crippen molar-refractivity contribution in [3.8, 4) is 11.5 Å². The molecule has 1 aliphatic rings. The number of nitrogens with one attached hydrogen (secondary N) is 2. The van der Waals surface area contributed by atoms with Crippen LogP contribution in [0.25, 0.3) is 0 Å². The van der Waals surface area contributed by atoms with Crippen molar-refractivity contribution < 1.29 is 13.9 Å². The van der Waals surface area contributed by atoms with Gasteiger partial charge in [0, 0.05) is 5.69 Å². The zero-order valence-corrected chi connectivity index (χ0v) is 12.5. The molecule has 0 fully saturated rings. The van der Waals surface area contributed by atoms with Gasteiger partial charge in [-0.15, -0.1) is 0 Å². The van der Waals surface area contributed by atoms with Crippen LogP contribution in [0.2, 0.25) is 0 Å². The molecule has 0 unspecified atom stereocenters. The number of para-hydroxylation sites is 2. The fourth-order valence-corrected chi connectivity index (χ4v) is 2.28. The molecule has 114 valence electrons. The monoisotopic (exact) mass is 318 g/mol. The third-order valence-corrected chi connectivity index (χ3v) is 3.41. The Morgan fingerprint density at radius 3 is 2.64 bits per heavy atom. The van der Waals surface area contributed by atoms with Crippen LogP contribution in [0.5, 0.6) is 11.5 Å². The van der Waals surface area contributed by atoms with E-state index < -0.39 is 0 Å². The molecule has 6 heteroatoms. The van der Waals surface area contributed by atoms with Crippen molar-refractivity contribution >= 4 is 23.0 Å². The van der Waals surface area contributed by atoms with Crippen LogP contribution in [0.15, 0.2) is 48.5 Å². The highest BCUT2D eigenvalue weighted by atomic mass is 32.1. The second-order valence-electron chi connectivity index (χ2n) is 4.84. The number of benzene rings is 2. The van der Waals surface area contributed by atoms with Crippen LogP contribution >= 0.6 is 12.2 Å². The first-order valence-electron chi connectivity index (χ1n) is 6.89. The van der Waals surface area contributed by atoms with Gasteiger partial charge in [-0.3, -0.25) is 0 Å². The van der Waals surface area contributed by atoms with Crippen molar-refractivity contribution in [3.05, 3.63) is 54.3 Å². The molecule has 1 aliphatic heterocycles. The largest absolute Gasteiger partial charge is 0.486 e. The molecule has 2 N–H and O–H groups in total. The number of halogens is 1. The number of fused-ring (bicyclic) bond motifs is 1. The first-order valence-corrected chi connectivity index (χ1v) is 7.30. The van der Waals surface area contributed by atoms with Crippen LogP contribution in [-0.2, 0) is 0 Å². The summed E-state index contributed by atoms with van der Waals surface area (Å²) in [5.74, 6) is 1.21. The van der Waals surface area contributed by atoms with Crippen LogP contribution in [-0.4, -0.2) is 24.4 Å². The second-order valence-corrected chi connectivity index (χ2v) is 5.25. The summed E-state index contributed by atoms with van der Waals surface area (Å²) in [6, 6.07) is 13.6. The fourth-order valence-electron chi connectivity index (χ4n) is 2.08. The topological polar surface area (TPSA) is 42.5 Å². The maximum absolute atomic E-state index is 12.8. The van der Waals surface area contributed by atoms with Crippen LogP contribution in [0.4, 0.5) is 10.1 Å². The number of ether oxygens (including phenoxy) is 2. The van der Waals surface area contributed by atoms with E-state index in [1.807, 2.05) is 24.3 Å². The molecule has 0 amide bonds. The minimum Gasteiger partial charge on any atom is -0.486 e. The SMILES string of the molecule is Fc1ccc(NC(=S)NC[C@H]2COc3ccccc3O2)cc1. The molecule has 2 aromatic rings. The molecule has 0 radical (unpaired) electrons. The van der Waals surface area contributed by atoms with Gasteiger partial charge in [0.25, 0.3) is 0 Å². The predicted molar refractivity (Wildman–Crippen MR) is 87.0 cm³/mol. The zero-order chi connectivity index (χ0) is 15.4. The third kappa shape index (κ3) is 3.65. The first kappa shape index (κ1) is 14.6. The van der Waals surface area contributed by atoms with Crippen LogP contribution in [0, 0.1) is 5.82 Å². The zero-order valence-electron chi connectivity index (χ0n) is 11.7. The Morgan fingerprint density at radius 2 is 1.86 bits per heavy atom. The smallest absolute Gasteiger partial charge is 0.170 e. The van der Waals surface area contributed by atoms with Gasteiger partial charge < -0.3 is 20.1 Å². The average molecular weight is 318 g/mol. The van der Waals surface area contributed by atoms with Crippen molar-refractivity contribution in [2.45, 2.75) is 6.10 Å². The van der Waals surface area contributed by atoms with Crippen LogP contribution in [0.1, 0.15) is 0 Å². The molecule has 22 heavy (non-hydrogen) atoms. The average Bonchev–Trinajstić information content (AvgIpc) is 2.55. The standard InChI is InChI=1S/C16H15FN2O2S/c17-11-5-7-12(8-6-11)19-16(22)18-9-13-10-20-14-3-1-2-4-15(14)21-13/h1-8,13H,9-10H2,(H2,18,19,22)/t13-/m0/s1. The van der Waals surface area contributed by atoms with E-state index in [1.165, 1.54) is 12.1 Å². The van der Waals surface area contributed by atoms with E-state index in [1.54, 1.807) is 12.1 Å². The molecule has 3 rings (SSSR count). The van der Waals surface area contributed by atoms with Gasteiger partial charge >= 0.3 is 0 Å². The lowest BCUT2D eigenvalue weighted by molar-refractivity contribution is 0.0939. The molecule has 0 spiro atoms. The summed E-state index contributed by atoms with van der Waals surface area (Å²) >= 11 is 5.20. The Hall–Kier alpha value is -2.34. The Kier molecular flexibility index (Phi) is 4.39. The number of hydrogen-bond donors (Lipinski definition) is 2. The van der Waals surface area contributed by atoms with E-state index in [0.717, 1.165) is 17.2 Å². The molecule has 1 atom stereocenters. The van der Waals surface area contributed by atoms with E-state index in [0.29, 0.717) is 18.3 Å². The molecular weight excluding hydrogens is 303 g/mol. The lowest BCUT2D eigenvalue weighted by atomic mass is 10.2. The number of hydrogen-bond acceptors (Lipinski definition) is 3. The summed E-state index contributed by atoms with van der Waals surface area (Å²) in [7, 11) is 0. The molecular formula is C16H15FN2O2S. The normalized spacial score (nSPS) is 16.0. The van der Waals surface area contributed by atoms with Crippen molar-refractivity contribution in [1.82, 2.24) is 5.32 Å². The summed E-state index contributed by atoms with van der Waals surface area (Å²) in [6.07, 6.45) is -0.122. The number of thiocarbonyl (C=S) groups is 1. The minimum atomic E-state index is -0.282. The van der Waals surface area contributed by atoms with E-state index >= 15 is 0 Å². The lowest BCUT2D eigenvalue weighted by Gasteiger charge is -2.26. The first-order chi connectivity index (χ1) is 10.7. The van der Waals surface area contributed by atoms with Crippen molar-refractivity contribution in [1.29, 1.82) is 0 Å². The van der Waals surface area contributed by atoms with E-state index in [4.69, 9.17) is 21.7 Å². The van der Waals surface area contributed by atoms with Gasteiger partial charge in [-0.25, -0.2) is 4.39 Å². The van der Waals surface area contributed by atoms with Gasteiger partial charge in [0.15, 0.2) is 16.6 Å². The quantitative estimate of drug-likeness (QED) is 0.852. The number of anilines is 1. The summed E-state index contributed by atoms with van der Waals surface area (Å²) in [5.41, 5.74) is 0.727. The molecule has 0 saturated carbocycles. The van der Waals surface area contributed by atoms with Crippen molar-refractivity contribution in [2.75, 3.05) is 18.5 Å². The number of rotatable bonds is 3. The highest BCUT2D eigenvalue weighted by molar-refractivity contribution is 7.80. The maximum Gasteiger partial charge on any atom is 0.170 e. The highest BCUT2D eigenvalue weighted by Crippen LogP contribution is 2.30. The molecule has 1 heterocycles. The summed E-state index contributed by atoms with van der Waals surface area (Å²) < 4.78 is 24.3. The summed E-state index contributed by atoms with van der Waals surface area (Å²) in [5, 5.41) is 6.51. The van der Waals surface area contributed by atoms with Gasteiger partial charge in [-0.1, -0.05) is 12.1 Å². The van der Waals surface area contributed by atoms with Crippen LogP contribution < -0.4 is 20.1 Å². The Balaban J connectivity index is 1.49. The van der Waals surface area contributed by atoms with E-state index in [2.05, 4.69) is 10.6 Å². The molecule has 0 bridgehead atoms. The Bertz CT molecular complexity index is 663. The Labute approximate surface area is 133 Å². The molecule has 0 aliphatic carbocycles. The van der Waals surface area contributed by atoms with Crippen molar-refractivity contribution in [2.24, 2.45) is 0 Å². The predicted octanol–water partition coefficient (Wildman–Crippen LogP) is 2.95.